The van der Waals surface area contributed by atoms with E-state index in [-0.39, 0.29) is 6.10 Å². The number of hydrogen-bond acceptors (Lipinski definition) is 2. The van der Waals surface area contributed by atoms with Crippen LogP contribution >= 0.6 is 0 Å². The maximum absolute atomic E-state index is 5.91. The van der Waals surface area contributed by atoms with Crippen molar-refractivity contribution in [2.24, 2.45) is 0 Å². The summed E-state index contributed by atoms with van der Waals surface area (Å²) in [4.78, 5) is 0. The molecule has 1 unspecified atom stereocenters. The van der Waals surface area contributed by atoms with Gasteiger partial charge in [-0.2, -0.15) is 0 Å². The summed E-state index contributed by atoms with van der Waals surface area (Å²) in [5, 5.41) is 3.31. The van der Waals surface area contributed by atoms with Crippen LogP contribution in [0.4, 0.5) is 0 Å². The van der Waals surface area contributed by atoms with Gasteiger partial charge in [0.15, 0.2) is 0 Å². The Morgan fingerprint density at radius 3 is 2.65 bits per heavy atom. The maximum Gasteiger partial charge on any atom is 0.119 e. The Morgan fingerprint density at radius 2 is 2.00 bits per heavy atom. The van der Waals surface area contributed by atoms with Crippen LogP contribution in [0.5, 0.6) is 5.75 Å². The van der Waals surface area contributed by atoms with Crippen molar-refractivity contribution in [3.05, 3.63) is 29.8 Å². The first-order chi connectivity index (χ1) is 8.13. The molecule has 96 valence electrons. The number of nitrogens with one attached hydrogen (secondary N) is 1. The Hall–Kier alpha value is -1.02. The molecule has 1 aromatic carbocycles. The van der Waals surface area contributed by atoms with Crippen LogP contribution < -0.4 is 10.1 Å². The second kappa shape index (κ2) is 7.33. The third-order valence-electron chi connectivity index (χ3n) is 2.84. The zero-order valence-electron chi connectivity index (χ0n) is 11.5. The molecule has 0 radical (unpaired) electrons. The lowest BCUT2D eigenvalue weighted by atomic mass is 10.0. The number of ether oxygens (including phenoxy) is 1. The van der Waals surface area contributed by atoms with Gasteiger partial charge < -0.3 is 10.1 Å². The quantitative estimate of drug-likeness (QED) is 0.729. The smallest absolute Gasteiger partial charge is 0.119 e. The summed E-state index contributed by atoms with van der Waals surface area (Å²) in [6, 6.07) is 8.41. The fourth-order valence-electron chi connectivity index (χ4n) is 1.72. The first-order valence-corrected chi connectivity index (χ1v) is 6.60. The summed E-state index contributed by atoms with van der Waals surface area (Å²) in [5.74, 6) is 1.54. The minimum atomic E-state index is 0.261. The molecule has 1 atom stereocenters. The molecule has 0 fully saturated rings. The number of rotatable bonds is 7. The highest BCUT2D eigenvalue weighted by atomic mass is 16.5. The van der Waals surface area contributed by atoms with E-state index in [2.05, 4.69) is 51.2 Å². The summed E-state index contributed by atoms with van der Waals surface area (Å²) >= 11 is 0. The molecular weight excluding hydrogens is 210 g/mol. The lowest BCUT2D eigenvalue weighted by Gasteiger charge is -2.16. The second-order valence-electron chi connectivity index (χ2n) is 4.80. The zero-order chi connectivity index (χ0) is 12.7. The third kappa shape index (κ3) is 5.22. The van der Waals surface area contributed by atoms with E-state index in [0.717, 1.165) is 25.3 Å². The summed E-state index contributed by atoms with van der Waals surface area (Å²) in [6.45, 7) is 10.7. The SMILES string of the molecule is CCNCCC(C)Oc1cccc(C(C)C)c1. The van der Waals surface area contributed by atoms with E-state index in [1.54, 1.807) is 0 Å². The van der Waals surface area contributed by atoms with Crippen LogP contribution in [0.1, 0.15) is 45.6 Å². The standard InChI is InChI=1S/C15H25NO/c1-5-16-10-9-13(4)17-15-8-6-7-14(11-15)12(2)3/h6-8,11-13,16H,5,9-10H2,1-4H3. The molecule has 0 bridgehead atoms. The van der Waals surface area contributed by atoms with Gasteiger partial charge in [0.1, 0.15) is 5.75 Å². The van der Waals surface area contributed by atoms with Crippen molar-refractivity contribution < 1.29 is 4.74 Å². The highest BCUT2D eigenvalue weighted by Gasteiger charge is 2.05. The van der Waals surface area contributed by atoms with Crippen molar-refractivity contribution in [2.45, 2.75) is 46.1 Å². The molecule has 2 nitrogen and oxygen atoms in total. The van der Waals surface area contributed by atoms with Crippen molar-refractivity contribution >= 4 is 0 Å². The van der Waals surface area contributed by atoms with E-state index in [9.17, 15) is 0 Å². The van der Waals surface area contributed by atoms with Crippen LogP contribution in [0, 0.1) is 0 Å². The highest BCUT2D eigenvalue weighted by molar-refractivity contribution is 5.30. The number of hydrogen-bond donors (Lipinski definition) is 1. The van der Waals surface area contributed by atoms with Gasteiger partial charge in [-0.05, 0) is 50.0 Å². The monoisotopic (exact) mass is 235 g/mol. The molecule has 1 rings (SSSR count). The zero-order valence-corrected chi connectivity index (χ0v) is 11.5. The van der Waals surface area contributed by atoms with E-state index in [1.165, 1.54) is 5.56 Å². The van der Waals surface area contributed by atoms with Crippen LogP contribution in [0.3, 0.4) is 0 Å². The van der Waals surface area contributed by atoms with Crippen LogP contribution in [0.15, 0.2) is 24.3 Å². The molecule has 0 heterocycles. The predicted octanol–water partition coefficient (Wildman–Crippen LogP) is 3.58. The van der Waals surface area contributed by atoms with Gasteiger partial charge in [-0.3, -0.25) is 0 Å². The van der Waals surface area contributed by atoms with Crippen LogP contribution in [-0.2, 0) is 0 Å². The van der Waals surface area contributed by atoms with Crippen molar-refractivity contribution in [3.63, 3.8) is 0 Å². The molecule has 2 heteroatoms. The lowest BCUT2D eigenvalue weighted by Crippen LogP contribution is -2.21. The molecule has 0 aliphatic carbocycles. The molecule has 0 aliphatic rings. The molecule has 17 heavy (non-hydrogen) atoms. The average molecular weight is 235 g/mol. The van der Waals surface area contributed by atoms with Gasteiger partial charge >= 0.3 is 0 Å². The largest absolute Gasteiger partial charge is 0.491 e. The summed E-state index contributed by atoms with van der Waals surface area (Å²) in [5.41, 5.74) is 1.33. The average Bonchev–Trinajstić information content (AvgIpc) is 2.29. The van der Waals surface area contributed by atoms with Gasteiger partial charge in [0.2, 0.25) is 0 Å². The van der Waals surface area contributed by atoms with Gasteiger partial charge in [0.25, 0.3) is 0 Å². The maximum atomic E-state index is 5.91. The van der Waals surface area contributed by atoms with E-state index < -0.39 is 0 Å². The first kappa shape index (κ1) is 14.0. The van der Waals surface area contributed by atoms with Crippen LogP contribution in [0.2, 0.25) is 0 Å². The fourth-order valence-corrected chi connectivity index (χ4v) is 1.72. The Labute approximate surface area is 105 Å². The molecule has 0 aromatic heterocycles. The van der Waals surface area contributed by atoms with Crippen molar-refractivity contribution in [3.8, 4) is 5.75 Å². The Morgan fingerprint density at radius 1 is 1.24 bits per heavy atom. The van der Waals surface area contributed by atoms with Crippen molar-refractivity contribution in [2.75, 3.05) is 13.1 Å². The van der Waals surface area contributed by atoms with Gasteiger partial charge in [-0.1, -0.05) is 32.9 Å². The molecular formula is C15H25NO. The molecule has 0 saturated heterocycles. The molecule has 0 amide bonds. The topological polar surface area (TPSA) is 21.3 Å². The Bertz CT molecular complexity index is 322. The first-order valence-electron chi connectivity index (χ1n) is 6.60. The molecule has 1 N–H and O–H groups in total. The molecule has 0 saturated carbocycles. The third-order valence-corrected chi connectivity index (χ3v) is 2.84. The van der Waals surface area contributed by atoms with E-state index in [4.69, 9.17) is 4.74 Å². The molecule has 0 aliphatic heterocycles. The molecule has 1 aromatic rings. The van der Waals surface area contributed by atoms with Crippen LogP contribution in [0.25, 0.3) is 0 Å². The lowest BCUT2D eigenvalue weighted by molar-refractivity contribution is 0.210. The Kier molecular flexibility index (Phi) is 6.06. The van der Waals surface area contributed by atoms with E-state index >= 15 is 0 Å². The highest BCUT2D eigenvalue weighted by Crippen LogP contribution is 2.21. The minimum absolute atomic E-state index is 0.261. The minimum Gasteiger partial charge on any atom is -0.491 e. The van der Waals surface area contributed by atoms with Gasteiger partial charge in [0.05, 0.1) is 6.10 Å². The fraction of sp³-hybridized carbons (Fsp3) is 0.600. The summed E-state index contributed by atoms with van der Waals surface area (Å²) < 4.78 is 5.91. The van der Waals surface area contributed by atoms with E-state index in [1.807, 2.05) is 6.07 Å². The van der Waals surface area contributed by atoms with Crippen molar-refractivity contribution in [1.29, 1.82) is 0 Å². The predicted molar refractivity (Wildman–Crippen MR) is 73.8 cm³/mol. The summed E-state index contributed by atoms with van der Waals surface area (Å²) in [6.07, 6.45) is 1.30. The van der Waals surface area contributed by atoms with Gasteiger partial charge in [-0.15, -0.1) is 0 Å². The van der Waals surface area contributed by atoms with Gasteiger partial charge in [-0.25, -0.2) is 0 Å². The van der Waals surface area contributed by atoms with Gasteiger partial charge in [0, 0.05) is 0 Å². The van der Waals surface area contributed by atoms with Crippen LogP contribution in [-0.4, -0.2) is 19.2 Å². The normalized spacial score (nSPS) is 12.8. The van der Waals surface area contributed by atoms with Crippen molar-refractivity contribution in [1.82, 2.24) is 5.32 Å². The Balaban J connectivity index is 2.47. The number of benzene rings is 1. The second-order valence-corrected chi connectivity index (χ2v) is 4.80. The van der Waals surface area contributed by atoms with E-state index in [0.29, 0.717) is 5.92 Å². The summed E-state index contributed by atoms with van der Waals surface area (Å²) in [7, 11) is 0. The molecule has 0 spiro atoms.